The summed E-state index contributed by atoms with van der Waals surface area (Å²) in [5.41, 5.74) is 0. The van der Waals surface area contributed by atoms with Crippen LogP contribution < -0.4 is 10.1 Å². The minimum Gasteiger partial charge on any atom is -0.460 e. The normalized spacial score (nSPS) is 22.0. The molecule has 7 heteroatoms. The summed E-state index contributed by atoms with van der Waals surface area (Å²) in [6.45, 7) is 2.29. The minimum atomic E-state index is 0.198. The molecule has 21 heavy (non-hydrogen) atoms. The van der Waals surface area contributed by atoms with E-state index in [1.54, 1.807) is 30.3 Å². The first-order valence-electron chi connectivity index (χ1n) is 7.33. The van der Waals surface area contributed by atoms with Gasteiger partial charge in [0.1, 0.15) is 12.4 Å². The van der Waals surface area contributed by atoms with Crippen molar-refractivity contribution in [3.8, 4) is 12.0 Å². The van der Waals surface area contributed by atoms with Gasteiger partial charge in [0.15, 0.2) is 0 Å². The van der Waals surface area contributed by atoms with Gasteiger partial charge in [0.2, 0.25) is 11.9 Å². The van der Waals surface area contributed by atoms with Crippen LogP contribution in [-0.2, 0) is 0 Å². The van der Waals surface area contributed by atoms with E-state index in [4.69, 9.17) is 4.74 Å². The Morgan fingerprint density at radius 2 is 2.00 bits per heavy atom. The average Bonchev–Trinajstić information content (AvgIpc) is 3.04. The van der Waals surface area contributed by atoms with E-state index in [-0.39, 0.29) is 6.10 Å². The van der Waals surface area contributed by atoms with Crippen molar-refractivity contribution >= 4 is 5.95 Å². The van der Waals surface area contributed by atoms with E-state index in [2.05, 4.69) is 32.2 Å². The summed E-state index contributed by atoms with van der Waals surface area (Å²) in [5, 5.41) is 2.94. The van der Waals surface area contributed by atoms with E-state index in [9.17, 15) is 0 Å². The van der Waals surface area contributed by atoms with Gasteiger partial charge in [-0.3, -0.25) is 4.57 Å². The van der Waals surface area contributed by atoms with Crippen molar-refractivity contribution in [2.75, 3.05) is 12.4 Å². The van der Waals surface area contributed by atoms with Crippen LogP contribution >= 0.6 is 0 Å². The Morgan fingerprint density at radius 3 is 2.67 bits per heavy atom. The van der Waals surface area contributed by atoms with Gasteiger partial charge in [-0.2, -0.15) is 15.0 Å². The molecule has 0 spiro atoms. The van der Waals surface area contributed by atoms with E-state index in [1.165, 1.54) is 12.8 Å². The molecule has 3 rings (SSSR count). The molecule has 0 unspecified atom stereocenters. The molecule has 2 aromatic rings. The molecule has 0 radical (unpaired) electrons. The first kappa shape index (κ1) is 13.8. The van der Waals surface area contributed by atoms with Gasteiger partial charge in [-0.05, 0) is 31.6 Å². The summed E-state index contributed by atoms with van der Waals surface area (Å²) in [7, 11) is 1.78. The molecule has 1 aliphatic carbocycles. The van der Waals surface area contributed by atoms with E-state index in [0.29, 0.717) is 17.9 Å². The zero-order valence-corrected chi connectivity index (χ0v) is 12.4. The molecule has 1 N–H and O–H groups in total. The SMILES string of the molecule is CNc1nc(OC2CCC(C)CC2)nc(-n2ccnc2)n1. The van der Waals surface area contributed by atoms with Crippen LogP contribution in [0.4, 0.5) is 5.95 Å². The Hall–Kier alpha value is -2.18. The van der Waals surface area contributed by atoms with Crippen LogP contribution in [-0.4, -0.2) is 37.7 Å². The van der Waals surface area contributed by atoms with E-state index in [0.717, 1.165) is 18.8 Å². The van der Waals surface area contributed by atoms with Crippen LogP contribution in [0.25, 0.3) is 5.95 Å². The number of aromatic nitrogens is 5. The maximum atomic E-state index is 5.95. The number of anilines is 1. The van der Waals surface area contributed by atoms with E-state index in [1.807, 2.05) is 0 Å². The molecule has 0 atom stereocenters. The second kappa shape index (κ2) is 6.07. The van der Waals surface area contributed by atoms with Gasteiger partial charge < -0.3 is 10.1 Å². The van der Waals surface area contributed by atoms with Crippen LogP contribution in [0.15, 0.2) is 18.7 Å². The molecule has 7 nitrogen and oxygen atoms in total. The summed E-state index contributed by atoms with van der Waals surface area (Å²) >= 11 is 0. The summed E-state index contributed by atoms with van der Waals surface area (Å²) in [5.74, 6) is 1.79. The van der Waals surface area contributed by atoms with Crippen molar-refractivity contribution in [3.63, 3.8) is 0 Å². The molecule has 0 aliphatic heterocycles. The number of hydrogen-bond donors (Lipinski definition) is 1. The fourth-order valence-electron chi connectivity index (χ4n) is 2.50. The number of ether oxygens (including phenoxy) is 1. The number of rotatable bonds is 4. The maximum Gasteiger partial charge on any atom is 0.323 e. The van der Waals surface area contributed by atoms with Crippen LogP contribution in [0, 0.1) is 5.92 Å². The molecule has 2 aromatic heterocycles. The molecular formula is C14H20N6O. The summed E-state index contributed by atoms with van der Waals surface area (Å²) in [4.78, 5) is 17.0. The number of nitrogens with zero attached hydrogens (tertiary/aromatic N) is 5. The molecule has 0 amide bonds. The highest BCUT2D eigenvalue weighted by atomic mass is 16.5. The molecule has 1 aliphatic rings. The topological polar surface area (TPSA) is 77.8 Å². The summed E-state index contributed by atoms with van der Waals surface area (Å²) < 4.78 is 7.68. The van der Waals surface area contributed by atoms with Gasteiger partial charge in [0.05, 0.1) is 0 Å². The minimum absolute atomic E-state index is 0.198. The molecule has 112 valence electrons. The third-order valence-electron chi connectivity index (χ3n) is 3.80. The number of imidazole rings is 1. The highest BCUT2D eigenvalue weighted by Gasteiger charge is 2.21. The average molecular weight is 288 g/mol. The molecule has 1 fully saturated rings. The fraction of sp³-hybridized carbons (Fsp3) is 0.571. The van der Waals surface area contributed by atoms with Crippen molar-refractivity contribution in [3.05, 3.63) is 18.7 Å². The van der Waals surface area contributed by atoms with Crippen LogP contribution in [0.3, 0.4) is 0 Å². The highest BCUT2D eigenvalue weighted by molar-refractivity contribution is 5.29. The monoisotopic (exact) mass is 288 g/mol. The lowest BCUT2D eigenvalue weighted by molar-refractivity contribution is 0.124. The zero-order valence-electron chi connectivity index (χ0n) is 12.4. The quantitative estimate of drug-likeness (QED) is 0.927. The first-order chi connectivity index (χ1) is 10.2. The van der Waals surface area contributed by atoms with Crippen LogP contribution in [0.5, 0.6) is 6.01 Å². The molecule has 0 bridgehead atoms. The summed E-state index contributed by atoms with van der Waals surface area (Å²) in [6.07, 6.45) is 9.84. The highest BCUT2D eigenvalue weighted by Crippen LogP contribution is 2.26. The van der Waals surface area contributed by atoms with Crippen molar-refractivity contribution in [2.24, 2.45) is 5.92 Å². The lowest BCUT2D eigenvalue weighted by atomic mass is 9.89. The number of nitrogens with one attached hydrogen (secondary N) is 1. The summed E-state index contributed by atoms with van der Waals surface area (Å²) in [6, 6.07) is 0.373. The predicted octanol–water partition coefficient (Wildman–Crippen LogP) is 2.06. The molecule has 2 heterocycles. The van der Waals surface area contributed by atoms with Gasteiger partial charge in [0, 0.05) is 19.4 Å². The Bertz CT molecular complexity index is 577. The van der Waals surface area contributed by atoms with Gasteiger partial charge in [0.25, 0.3) is 0 Å². The fourth-order valence-corrected chi connectivity index (χ4v) is 2.50. The van der Waals surface area contributed by atoms with Crippen molar-refractivity contribution in [1.29, 1.82) is 0 Å². The van der Waals surface area contributed by atoms with Gasteiger partial charge in [-0.1, -0.05) is 6.92 Å². The smallest absolute Gasteiger partial charge is 0.323 e. The van der Waals surface area contributed by atoms with E-state index < -0.39 is 0 Å². The van der Waals surface area contributed by atoms with Gasteiger partial charge in [-0.25, -0.2) is 4.98 Å². The Morgan fingerprint density at radius 1 is 1.19 bits per heavy atom. The Kier molecular flexibility index (Phi) is 3.98. The predicted molar refractivity (Wildman–Crippen MR) is 78.5 cm³/mol. The zero-order chi connectivity index (χ0) is 14.7. The second-order valence-corrected chi connectivity index (χ2v) is 5.46. The van der Waals surface area contributed by atoms with Crippen molar-refractivity contribution in [2.45, 2.75) is 38.7 Å². The first-order valence-corrected chi connectivity index (χ1v) is 7.33. The Balaban J connectivity index is 1.79. The number of hydrogen-bond acceptors (Lipinski definition) is 6. The van der Waals surface area contributed by atoms with Crippen LogP contribution in [0.2, 0.25) is 0 Å². The largest absolute Gasteiger partial charge is 0.460 e. The van der Waals surface area contributed by atoms with Crippen molar-refractivity contribution in [1.82, 2.24) is 24.5 Å². The van der Waals surface area contributed by atoms with E-state index >= 15 is 0 Å². The molecule has 0 saturated heterocycles. The Labute approximate surface area is 123 Å². The molecule has 1 saturated carbocycles. The maximum absolute atomic E-state index is 5.95. The van der Waals surface area contributed by atoms with Crippen LogP contribution in [0.1, 0.15) is 32.6 Å². The van der Waals surface area contributed by atoms with Gasteiger partial charge in [-0.15, -0.1) is 0 Å². The molecular weight excluding hydrogens is 268 g/mol. The third kappa shape index (κ3) is 3.29. The molecule has 0 aromatic carbocycles. The lowest BCUT2D eigenvalue weighted by Crippen LogP contribution is -2.24. The second-order valence-electron chi connectivity index (χ2n) is 5.46. The van der Waals surface area contributed by atoms with Gasteiger partial charge >= 0.3 is 6.01 Å². The third-order valence-corrected chi connectivity index (χ3v) is 3.80. The lowest BCUT2D eigenvalue weighted by Gasteiger charge is -2.26. The van der Waals surface area contributed by atoms with Crippen molar-refractivity contribution < 1.29 is 4.74 Å². The standard InChI is InChI=1S/C14H20N6O/c1-10-3-5-11(6-4-10)21-14-18-12(15-2)17-13(19-14)20-8-7-16-9-20/h7-11H,3-6H2,1-2H3,(H,15,17,18,19).